The van der Waals surface area contributed by atoms with Gasteiger partial charge in [0.25, 0.3) is 5.91 Å². The number of halogens is 3. The van der Waals surface area contributed by atoms with Gasteiger partial charge >= 0.3 is 12.0 Å². The second-order valence-electron chi connectivity index (χ2n) is 6.53. The lowest BCUT2D eigenvalue weighted by Crippen LogP contribution is -2.36. The van der Waals surface area contributed by atoms with Crippen LogP contribution in [0.4, 0.5) is 4.79 Å². The van der Waals surface area contributed by atoms with E-state index in [1.54, 1.807) is 30.3 Å². The summed E-state index contributed by atoms with van der Waals surface area (Å²) in [5, 5.41) is 3.31. The SMILES string of the molecule is COC(=O)CN1C(=O)N/C(=C/c2cc(Br)c(OCc3ccc(Cl)c(Cl)c3)c(OC)c2)C1=O. The minimum absolute atomic E-state index is 0.0114. The van der Waals surface area contributed by atoms with E-state index in [1.165, 1.54) is 20.3 Å². The van der Waals surface area contributed by atoms with Crippen LogP contribution in [0.5, 0.6) is 11.5 Å². The summed E-state index contributed by atoms with van der Waals surface area (Å²) in [5.74, 6) is -0.512. The molecule has 3 rings (SSSR count). The Morgan fingerprint density at radius 3 is 2.56 bits per heavy atom. The number of benzene rings is 2. The van der Waals surface area contributed by atoms with Gasteiger partial charge in [-0.3, -0.25) is 9.59 Å². The molecule has 8 nitrogen and oxygen atoms in total. The molecular formula is C21H17BrCl2N2O6. The molecule has 1 aliphatic heterocycles. The third kappa shape index (κ3) is 5.35. The Morgan fingerprint density at radius 2 is 1.91 bits per heavy atom. The first-order valence-electron chi connectivity index (χ1n) is 9.09. The summed E-state index contributed by atoms with van der Waals surface area (Å²) in [4.78, 5) is 36.7. The Labute approximate surface area is 202 Å². The molecule has 11 heteroatoms. The number of nitrogens with zero attached hydrogens (tertiary/aromatic N) is 1. The van der Waals surface area contributed by atoms with Crippen LogP contribution in [-0.2, 0) is 20.9 Å². The summed E-state index contributed by atoms with van der Waals surface area (Å²) in [6.07, 6.45) is 1.47. The Hall–Kier alpha value is -2.75. The van der Waals surface area contributed by atoms with Crippen molar-refractivity contribution in [2.24, 2.45) is 0 Å². The quantitative estimate of drug-likeness (QED) is 0.316. The molecule has 168 valence electrons. The predicted molar refractivity (Wildman–Crippen MR) is 122 cm³/mol. The number of urea groups is 1. The van der Waals surface area contributed by atoms with Crippen LogP contribution in [0.15, 0.2) is 40.5 Å². The lowest BCUT2D eigenvalue weighted by Gasteiger charge is -2.14. The highest BCUT2D eigenvalue weighted by molar-refractivity contribution is 9.10. The van der Waals surface area contributed by atoms with Gasteiger partial charge in [-0.15, -0.1) is 0 Å². The molecule has 2 aromatic carbocycles. The zero-order chi connectivity index (χ0) is 23.4. The van der Waals surface area contributed by atoms with Crippen LogP contribution in [0.25, 0.3) is 6.08 Å². The molecule has 0 unspecified atom stereocenters. The second kappa shape index (κ2) is 10.2. The Morgan fingerprint density at radius 1 is 1.16 bits per heavy atom. The Balaban J connectivity index is 1.81. The van der Waals surface area contributed by atoms with Crippen LogP contribution in [0.2, 0.25) is 10.0 Å². The maximum atomic E-state index is 12.5. The van der Waals surface area contributed by atoms with Gasteiger partial charge < -0.3 is 19.5 Å². The number of amides is 3. The van der Waals surface area contributed by atoms with Gasteiger partial charge in [0.2, 0.25) is 0 Å². The fourth-order valence-corrected chi connectivity index (χ4v) is 3.72. The van der Waals surface area contributed by atoms with Gasteiger partial charge in [0.15, 0.2) is 11.5 Å². The standard InChI is InChI=1S/C21H17BrCl2N2O6/c1-30-17-8-12(7-16-20(28)26(21(29)25-16)9-18(27)31-2)5-13(22)19(17)32-10-11-3-4-14(23)15(24)6-11/h3-8H,9-10H2,1-2H3,(H,25,29)/b16-7+. The van der Waals surface area contributed by atoms with Gasteiger partial charge in [-0.1, -0.05) is 29.3 Å². The topological polar surface area (TPSA) is 94.2 Å². The molecule has 3 amide bonds. The van der Waals surface area contributed by atoms with Crippen molar-refractivity contribution < 1.29 is 28.6 Å². The van der Waals surface area contributed by atoms with E-state index in [2.05, 4.69) is 26.0 Å². The largest absolute Gasteiger partial charge is 0.493 e. The number of ether oxygens (including phenoxy) is 3. The number of rotatable bonds is 7. The summed E-state index contributed by atoms with van der Waals surface area (Å²) >= 11 is 15.4. The van der Waals surface area contributed by atoms with E-state index in [0.717, 1.165) is 10.5 Å². The van der Waals surface area contributed by atoms with Crippen LogP contribution in [-0.4, -0.2) is 43.6 Å². The molecular weight excluding hydrogens is 527 g/mol. The van der Waals surface area contributed by atoms with E-state index in [-0.39, 0.29) is 12.3 Å². The first-order chi connectivity index (χ1) is 15.2. The molecule has 0 atom stereocenters. The first-order valence-corrected chi connectivity index (χ1v) is 10.6. The molecule has 0 saturated carbocycles. The third-order valence-electron chi connectivity index (χ3n) is 4.41. The predicted octanol–water partition coefficient (Wildman–Crippen LogP) is 4.41. The molecule has 1 saturated heterocycles. The molecule has 0 bridgehead atoms. The van der Waals surface area contributed by atoms with Gasteiger partial charge in [0, 0.05) is 0 Å². The molecule has 0 radical (unpaired) electrons. The van der Waals surface area contributed by atoms with Gasteiger partial charge in [0.05, 0.1) is 28.7 Å². The number of carbonyl (C=O) groups is 3. The number of imide groups is 1. The number of methoxy groups -OCH3 is 2. The maximum absolute atomic E-state index is 12.5. The number of hydrogen-bond acceptors (Lipinski definition) is 6. The minimum Gasteiger partial charge on any atom is -0.493 e. The molecule has 0 aliphatic carbocycles. The van der Waals surface area contributed by atoms with E-state index >= 15 is 0 Å². The van der Waals surface area contributed by atoms with Crippen molar-refractivity contribution in [3.8, 4) is 11.5 Å². The normalized spacial score (nSPS) is 14.5. The average molecular weight is 544 g/mol. The van der Waals surface area contributed by atoms with Gasteiger partial charge in [0.1, 0.15) is 18.8 Å². The summed E-state index contributed by atoms with van der Waals surface area (Å²) in [6.45, 7) is -0.268. The van der Waals surface area contributed by atoms with E-state index in [9.17, 15) is 14.4 Å². The van der Waals surface area contributed by atoms with Gasteiger partial charge in [-0.2, -0.15) is 0 Å². The number of hydrogen-bond donors (Lipinski definition) is 1. The van der Waals surface area contributed by atoms with E-state index in [4.69, 9.17) is 32.7 Å². The second-order valence-corrected chi connectivity index (χ2v) is 8.20. The zero-order valence-corrected chi connectivity index (χ0v) is 20.0. The van der Waals surface area contributed by atoms with Crippen molar-refractivity contribution in [1.82, 2.24) is 10.2 Å². The zero-order valence-electron chi connectivity index (χ0n) is 16.9. The van der Waals surface area contributed by atoms with E-state index in [0.29, 0.717) is 31.6 Å². The summed E-state index contributed by atoms with van der Waals surface area (Å²) in [7, 11) is 2.65. The van der Waals surface area contributed by atoms with Crippen molar-refractivity contribution >= 4 is 63.1 Å². The van der Waals surface area contributed by atoms with Crippen molar-refractivity contribution in [2.45, 2.75) is 6.61 Å². The lowest BCUT2D eigenvalue weighted by atomic mass is 10.1. The molecule has 32 heavy (non-hydrogen) atoms. The number of carbonyl (C=O) groups excluding carboxylic acids is 3. The highest BCUT2D eigenvalue weighted by Gasteiger charge is 2.35. The molecule has 1 aliphatic rings. The van der Waals surface area contributed by atoms with Crippen molar-refractivity contribution in [2.75, 3.05) is 20.8 Å². The lowest BCUT2D eigenvalue weighted by molar-refractivity contribution is -0.143. The van der Waals surface area contributed by atoms with Crippen LogP contribution < -0.4 is 14.8 Å². The van der Waals surface area contributed by atoms with Crippen molar-refractivity contribution in [1.29, 1.82) is 0 Å². The summed E-state index contributed by atoms with van der Waals surface area (Å²) in [6, 6.07) is 7.81. The number of nitrogens with one attached hydrogen (secondary N) is 1. The Bertz CT molecular complexity index is 1120. The summed E-state index contributed by atoms with van der Waals surface area (Å²) in [5.41, 5.74) is 1.38. The average Bonchev–Trinajstić information content (AvgIpc) is 3.02. The highest BCUT2D eigenvalue weighted by Crippen LogP contribution is 2.38. The third-order valence-corrected chi connectivity index (χ3v) is 5.74. The molecule has 0 spiro atoms. The van der Waals surface area contributed by atoms with Gasteiger partial charge in [-0.25, -0.2) is 9.69 Å². The first kappa shape index (κ1) is 23.9. The smallest absolute Gasteiger partial charge is 0.329 e. The van der Waals surface area contributed by atoms with E-state index < -0.39 is 24.5 Å². The fraction of sp³-hybridized carbons (Fsp3) is 0.190. The van der Waals surface area contributed by atoms with Gasteiger partial charge in [-0.05, 0) is 57.4 Å². The highest BCUT2D eigenvalue weighted by atomic mass is 79.9. The Kier molecular flexibility index (Phi) is 7.65. The van der Waals surface area contributed by atoms with E-state index in [1.807, 2.05) is 0 Å². The molecule has 1 heterocycles. The van der Waals surface area contributed by atoms with Crippen molar-refractivity contribution in [3.05, 3.63) is 61.7 Å². The molecule has 2 aromatic rings. The van der Waals surface area contributed by atoms with Crippen LogP contribution in [0, 0.1) is 0 Å². The molecule has 0 aromatic heterocycles. The monoisotopic (exact) mass is 542 g/mol. The molecule has 1 fully saturated rings. The van der Waals surface area contributed by atoms with Crippen LogP contribution >= 0.6 is 39.1 Å². The summed E-state index contributed by atoms with van der Waals surface area (Å²) < 4.78 is 16.4. The van der Waals surface area contributed by atoms with Crippen molar-refractivity contribution in [3.63, 3.8) is 0 Å². The fourth-order valence-electron chi connectivity index (χ4n) is 2.82. The van der Waals surface area contributed by atoms with Crippen LogP contribution in [0.3, 0.4) is 0 Å². The maximum Gasteiger partial charge on any atom is 0.329 e. The number of esters is 1. The minimum atomic E-state index is -0.709. The molecule has 1 N–H and O–H groups in total. The van der Waals surface area contributed by atoms with Crippen LogP contribution in [0.1, 0.15) is 11.1 Å².